The van der Waals surface area contributed by atoms with E-state index in [1.165, 1.54) is 27.8 Å². The number of aromatic nitrogens is 2. The number of nitrogens with zero attached hydrogens (tertiary/aromatic N) is 5. The number of hydrogen-bond acceptors (Lipinski definition) is 4. The van der Waals surface area contributed by atoms with E-state index < -0.39 is 0 Å². The maximum absolute atomic E-state index is 5.21. The molecule has 5 rings (SSSR count). The highest BCUT2D eigenvalue weighted by Gasteiger charge is 2.24. The molecular weight excluding hydrogens is 394 g/mol. The van der Waals surface area contributed by atoms with Crippen LogP contribution in [0.2, 0.25) is 0 Å². The maximum atomic E-state index is 5.21. The fourth-order valence-corrected chi connectivity index (χ4v) is 5.04. The van der Waals surface area contributed by atoms with Crippen molar-refractivity contribution in [2.75, 3.05) is 37.6 Å². The van der Waals surface area contributed by atoms with Gasteiger partial charge in [-0.2, -0.15) is 0 Å². The van der Waals surface area contributed by atoms with Crippen molar-refractivity contribution in [3.05, 3.63) is 76.0 Å². The Labute approximate surface area is 191 Å². The van der Waals surface area contributed by atoms with Crippen molar-refractivity contribution >= 4 is 5.82 Å². The van der Waals surface area contributed by atoms with Crippen molar-refractivity contribution < 1.29 is 0 Å². The first-order valence-electron chi connectivity index (χ1n) is 11.7. The van der Waals surface area contributed by atoms with Crippen molar-refractivity contribution in [2.24, 2.45) is 0 Å². The second kappa shape index (κ2) is 9.00. The van der Waals surface area contributed by atoms with Crippen LogP contribution in [0.3, 0.4) is 0 Å². The zero-order valence-electron chi connectivity index (χ0n) is 19.4. The number of rotatable bonds is 4. The van der Waals surface area contributed by atoms with Crippen molar-refractivity contribution in [3.8, 4) is 11.4 Å². The molecule has 0 bridgehead atoms. The van der Waals surface area contributed by atoms with Crippen LogP contribution in [0, 0.1) is 20.8 Å². The standard InChI is InChI=1S/C27H32N5/c1-19-7-6-8-20(2)25(19)26-29-21(3)24(27(30-26)32-15-12-28-13-16-32)18-31-14-11-22-9-4-5-10-23(22)17-31/h4-10H,11-18H2,1-3H3. The van der Waals surface area contributed by atoms with E-state index in [9.17, 15) is 0 Å². The molecule has 1 radical (unpaired) electrons. The summed E-state index contributed by atoms with van der Waals surface area (Å²) in [5, 5.41) is 4.56. The Morgan fingerprint density at radius 2 is 1.53 bits per heavy atom. The molecule has 1 aromatic heterocycles. The lowest BCUT2D eigenvalue weighted by atomic mass is 9.99. The van der Waals surface area contributed by atoms with Gasteiger partial charge in [-0.3, -0.25) is 4.90 Å². The van der Waals surface area contributed by atoms with E-state index in [1.807, 2.05) is 0 Å². The summed E-state index contributed by atoms with van der Waals surface area (Å²) in [6.45, 7) is 13.0. The van der Waals surface area contributed by atoms with Crippen molar-refractivity contribution in [1.82, 2.24) is 20.2 Å². The summed E-state index contributed by atoms with van der Waals surface area (Å²) in [7, 11) is 0. The Hall–Kier alpha value is -2.76. The second-order valence-corrected chi connectivity index (χ2v) is 9.09. The fourth-order valence-electron chi connectivity index (χ4n) is 5.04. The lowest BCUT2D eigenvalue weighted by Gasteiger charge is -2.33. The molecule has 0 N–H and O–H groups in total. The molecule has 5 heteroatoms. The molecule has 0 amide bonds. The Balaban J connectivity index is 1.53. The highest BCUT2D eigenvalue weighted by molar-refractivity contribution is 5.67. The van der Waals surface area contributed by atoms with Gasteiger partial charge in [-0.15, -0.1) is 0 Å². The monoisotopic (exact) mass is 426 g/mol. The van der Waals surface area contributed by atoms with Gasteiger partial charge in [0.15, 0.2) is 5.82 Å². The largest absolute Gasteiger partial charge is 0.354 e. The Bertz CT molecular complexity index is 1100. The molecule has 5 nitrogen and oxygen atoms in total. The quantitative estimate of drug-likeness (QED) is 0.631. The van der Waals surface area contributed by atoms with E-state index in [0.29, 0.717) is 0 Å². The lowest BCUT2D eigenvalue weighted by molar-refractivity contribution is 0.244. The van der Waals surface area contributed by atoms with Crippen LogP contribution in [0.15, 0.2) is 42.5 Å². The average Bonchev–Trinajstić information content (AvgIpc) is 2.81. The third-order valence-corrected chi connectivity index (χ3v) is 6.84. The Kier molecular flexibility index (Phi) is 5.94. The molecule has 0 unspecified atom stereocenters. The molecule has 3 aromatic rings. The number of benzene rings is 2. The Morgan fingerprint density at radius 3 is 2.28 bits per heavy atom. The molecule has 1 saturated heterocycles. The van der Waals surface area contributed by atoms with Gasteiger partial charge in [-0.05, 0) is 49.4 Å². The van der Waals surface area contributed by atoms with E-state index >= 15 is 0 Å². The molecule has 165 valence electrons. The minimum Gasteiger partial charge on any atom is -0.354 e. The van der Waals surface area contributed by atoms with E-state index in [2.05, 4.69) is 78.4 Å². The van der Waals surface area contributed by atoms with Gasteiger partial charge in [0.25, 0.3) is 0 Å². The number of fused-ring (bicyclic) bond motifs is 1. The number of piperazine rings is 1. The second-order valence-electron chi connectivity index (χ2n) is 9.09. The van der Waals surface area contributed by atoms with Crippen LogP contribution in [-0.4, -0.2) is 47.6 Å². The third kappa shape index (κ3) is 4.15. The molecular formula is C27H32N5. The average molecular weight is 427 g/mol. The van der Waals surface area contributed by atoms with Crippen LogP contribution < -0.4 is 10.2 Å². The van der Waals surface area contributed by atoms with E-state index in [0.717, 1.165) is 75.1 Å². The van der Waals surface area contributed by atoms with Gasteiger partial charge >= 0.3 is 0 Å². The minimum absolute atomic E-state index is 0.850. The molecule has 2 aromatic carbocycles. The number of anilines is 1. The van der Waals surface area contributed by atoms with E-state index in [1.54, 1.807) is 0 Å². The summed E-state index contributed by atoms with van der Waals surface area (Å²) < 4.78 is 0. The zero-order valence-corrected chi connectivity index (χ0v) is 19.4. The molecule has 3 heterocycles. The summed E-state index contributed by atoms with van der Waals surface area (Å²) in [6, 6.07) is 15.2. The first-order chi connectivity index (χ1) is 15.6. The van der Waals surface area contributed by atoms with Gasteiger partial charge in [0, 0.05) is 62.6 Å². The zero-order chi connectivity index (χ0) is 22.1. The molecule has 0 atom stereocenters. The maximum Gasteiger partial charge on any atom is 0.162 e. The van der Waals surface area contributed by atoms with Gasteiger partial charge in [-0.25, -0.2) is 15.3 Å². The molecule has 0 aliphatic carbocycles. The number of aryl methyl sites for hydroxylation is 3. The Morgan fingerprint density at radius 1 is 0.812 bits per heavy atom. The van der Waals surface area contributed by atoms with Crippen LogP contribution in [0.1, 0.15) is 33.5 Å². The fraction of sp³-hybridized carbons (Fsp3) is 0.407. The van der Waals surface area contributed by atoms with Gasteiger partial charge in [0.2, 0.25) is 0 Å². The van der Waals surface area contributed by atoms with Crippen LogP contribution in [0.5, 0.6) is 0 Å². The van der Waals surface area contributed by atoms with Crippen LogP contribution in [0.4, 0.5) is 5.82 Å². The van der Waals surface area contributed by atoms with Crippen molar-refractivity contribution in [1.29, 1.82) is 0 Å². The van der Waals surface area contributed by atoms with Crippen LogP contribution in [0.25, 0.3) is 11.4 Å². The van der Waals surface area contributed by atoms with Gasteiger partial charge in [0.1, 0.15) is 5.82 Å². The summed E-state index contributed by atoms with van der Waals surface area (Å²) in [4.78, 5) is 15.2. The predicted molar refractivity (Wildman–Crippen MR) is 130 cm³/mol. The SMILES string of the molecule is Cc1cccc(C)c1-c1nc(C)c(CN2CCc3ccccc3C2)c(N2CC[N]CC2)n1. The van der Waals surface area contributed by atoms with Gasteiger partial charge in [-0.1, -0.05) is 42.5 Å². The molecule has 0 saturated carbocycles. The van der Waals surface area contributed by atoms with E-state index in [-0.39, 0.29) is 0 Å². The first-order valence-corrected chi connectivity index (χ1v) is 11.7. The predicted octanol–water partition coefficient (Wildman–Crippen LogP) is 4.05. The smallest absolute Gasteiger partial charge is 0.162 e. The highest BCUT2D eigenvalue weighted by atomic mass is 15.2. The van der Waals surface area contributed by atoms with Crippen molar-refractivity contribution in [2.45, 2.75) is 40.3 Å². The minimum atomic E-state index is 0.850. The van der Waals surface area contributed by atoms with E-state index in [4.69, 9.17) is 9.97 Å². The highest BCUT2D eigenvalue weighted by Crippen LogP contribution is 2.31. The molecule has 1 fully saturated rings. The summed E-state index contributed by atoms with van der Waals surface area (Å²) in [5.74, 6) is 1.95. The molecule has 2 aliphatic rings. The summed E-state index contributed by atoms with van der Waals surface area (Å²) in [6.07, 6.45) is 1.11. The van der Waals surface area contributed by atoms with Gasteiger partial charge in [0.05, 0.1) is 0 Å². The number of hydrogen-bond donors (Lipinski definition) is 0. The first kappa shape index (κ1) is 21.1. The van der Waals surface area contributed by atoms with Gasteiger partial charge < -0.3 is 4.90 Å². The lowest BCUT2D eigenvalue weighted by Crippen LogP contribution is -2.42. The molecule has 2 aliphatic heterocycles. The summed E-state index contributed by atoms with van der Waals surface area (Å²) >= 11 is 0. The van der Waals surface area contributed by atoms with Crippen molar-refractivity contribution in [3.63, 3.8) is 0 Å². The third-order valence-electron chi connectivity index (χ3n) is 6.84. The summed E-state index contributed by atoms with van der Waals surface area (Å²) in [5.41, 5.74) is 8.91. The topological polar surface area (TPSA) is 46.4 Å². The van der Waals surface area contributed by atoms with Crippen LogP contribution in [-0.2, 0) is 19.5 Å². The van der Waals surface area contributed by atoms with Crippen LogP contribution >= 0.6 is 0 Å². The molecule has 32 heavy (non-hydrogen) atoms. The normalized spacial score (nSPS) is 16.8. The molecule has 0 spiro atoms.